The molecule has 0 spiro atoms. The lowest BCUT2D eigenvalue weighted by atomic mass is 9.78. The van der Waals surface area contributed by atoms with E-state index in [1.165, 1.54) is 45.1 Å². The van der Waals surface area contributed by atoms with Crippen molar-refractivity contribution in [3.05, 3.63) is 0 Å². The van der Waals surface area contributed by atoms with Gasteiger partial charge in [0.2, 0.25) is 0 Å². The monoisotopic (exact) mass is 294 g/mol. The fourth-order valence-corrected chi connectivity index (χ4v) is 5.56. The minimum atomic E-state index is -0.0133. The first-order valence-electron chi connectivity index (χ1n) is 9.22. The van der Waals surface area contributed by atoms with E-state index in [1.54, 1.807) is 0 Å². The molecule has 3 heteroatoms. The largest absolute Gasteiger partial charge is 0.394 e. The Kier molecular flexibility index (Phi) is 4.92. The Morgan fingerprint density at radius 2 is 2.10 bits per heavy atom. The molecule has 0 aromatic carbocycles. The summed E-state index contributed by atoms with van der Waals surface area (Å²) in [5, 5.41) is 13.4. The molecule has 2 N–H and O–H groups in total. The van der Waals surface area contributed by atoms with Gasteiger partial charge in [0.25, 0.3) is 0 Å². The van der Waals surface area contributed by atoms with E-state index in [0.717, 1.165) is 37.1 Å². The fraction of sp³-hybridized carbons (Fsp3) is 1.00. The molecule has 0 aromatic rings. The van der Waals surface area contributed by atoms with Gasteiger partial charge in [0.15, 0.2) is 0 Å². The summed E-state index contributed by atoms with van der Waals surface area (Å²) in [5.74, 6) is 3.04. The smallest absolute Gasteiger partial charge is 0.0613 e. The van der Waals surface area contributed by atoms with E-state index >= 15 is 0 Å². The molecule has 0 radical (unpaired) electrons. The second kappa shape index (κ2) is 6.55. The SMILES string of the molecule is CCNC1(CO)CCCC(N(C)CC2CC3CCC2C3)C1. The first-order valence-corrected chi connectivity index (χ1v) is 9.22. The van der Waals surface area contributed by atoms with Crippen molar-refractivity contribution in [3.8, 4) is 0 Å². The molecule has 5 unspecified atom stereocenters. The molecular formula is C18H34N2O. The van der Waals surface area contributed by atoms with Crippen LogP contribution in [-0.2, 0) is 0 Å². The number of likely N-dealkylation sites (N-methyl/N-ethyl adjacent to an activating group) is 1. The number of fused-ring (bicyclic) bond motifs is 2. The zero-order valence-electron chi connectivity index (χ0n) is 14.0. The summed E-state index contributed by atoms with van der Waals surface area (Å²) in [4.78, 5) is 2.63. The molecule has 21 heavy (non-hydrogen) atoms. The first kappa shape index (κ1) is 15.8. The summed E-state index contributed by atoms with van der Waals surface area (Å²) in [6.45, 7) is 4.70. The maximum atomic E-state index is 9.86. The molecule has 3 rings (SSSR count). The second-order valence-corrected chi connectivity index (χ2v) is 8.09. The zero-order chi connectivity index (χ0) is 14.9. The molecule has 0 amide bonds. The maximum Gasteiger partial charge on any atom is 0.0613 e. The van der Waals surface area contributed by atoms with Gasteiger partial charge in [0.1, 0.15) is 0 Å². The summed E-state index contributed by atoms with van der Waals surface area (Å²) in [6.07, 6.45) is 10.8. The minimum Gasteiger partial charge on any atom is -0.394 e. The van der Waals surface area contributed by atoms with Crippen LogP contribution in [0.3, 0.4) is 0 Å². The maximum absolute atomic E-state index is 9.86. The lowest BCUT2D eigenvalue weighted by Gasteiger charge is -2.44. The van der Waals surface area contributed by atoms with E-state index in [-0.39, 0.29) is 5.54 Å². The van der Waals surface area contributed by atoms with E-state index < -0.39 is 0 Å². The highest BCUT2D eigenvalue weighted by molar-refractivity contribution is 4.97. The Hall–Kier alpha value is -0.120. The third-order valence-electron chi connectivity index (χ3n) is 6.70. The quantitative estimate of drug-likeness (QED) is 0.790. The van der Waals surface area contributed by atoms with E-state index in [2.05, 4.69) is 24.2 Å². The zero-order valence-corrected chi connectivity index (χ0v) is 14.0. The van der Waals surface area contributed by atoms with Crippen molar-refractivity contribution in [1.82, 2.24) is 10.2 Å². The predicted octanol–water partition coefficient (Wildman–Crippen LogP) is 2.64. The highest BCUT2D eigenvalue weighted by Gasteiger charge is 2.41. The normalized spacial score (nSPS) is 42.9. The molecule has 3 nitrogen and oxygen atoms in total. The Morgan fingerprint density at radius 3 is 2.71 bits per heavy atom. The number of nitrogens with one attached hydrogen (secondary N) is 1. The van der Waals surface area contributed by atoms with E-state index in [4.69, 9.17) is 0 Å². The van der Waals surface area contributed by atoms with Crippen molar-refractivity contribution in [1.29, 1.82) is 0 Å². The highest BCUT2D eigenvalue weighted by Crippen LogP contribution is 2.48. The molecule has 3 fully saturated rings. The van der Waals surface area contributed by atoms with Crippen LogP contribution in [0.5, 0.6) is 0 Å². The molecule has 3 aliphatic carbocycles. The van der Waals surface area contributed by atoms with E-state index in [1.807, 2.05) is 0 Å². The average molecular weight is 294 g/mol. The molecule has 0 aromatic heterocycles. The van der Waals surface area contributed by atoms with Gasteiger partial charge in [-0.25, -0.2) is 0 Å². The molecule has 0 aliphatic heterocycles. The van der Waals surface area contributed by atoms with Gasteiger partial charge in [-0.2, -0.15) is 0 Å². The highest BCUT2D eigenvalue weighted by atomic mass is 16.3. The standard InChI is InChI=1S/C18H34N2O/c1-3-19-18(13-21)8-4-5-17(11-18)20(2)12-16-10-14-6-7-15(16)9-14/h14-17,19,21H,3-13H2,1-2H3. The third-order valence-corrected chi connectivity index (χ3v) is 6.70. The number of hydrogen-bond donors (Lipinski definition) is 2. The third kappa shape index (κ3) is 3.30. The number of aliphatic hydroxyl groups is 1. The van der Waals surface area contributed by atoms with Crippen LogP contribution in [0.15, 0.2) is 0 Å². The van der Waals surface area contributed by atoms with Crippen LogP contribution in [0.4, 0.5) is 0 Å². The lowest BCUT2D eigenvalue weighted by Crippen LogP contribution is -2.55. The minimum absolute atomic E-state index is 0.0133. The Labute approximate surface area is 130 Å². The first-order chi connectivity index (χ1) is 10.2. The van der Waals surface area contributed by atoms with Gasteiger partial charge in [-0.05, 0) is 76.3 Å². The summed E-state index contributed by atoms with van der Waals surface area (Å²) in [7, 11) is 2.33. The van der Waals surface area contributed by atoms with Crippen LogP contribution in [0, 0.1) is 17.8 Å². The number of hydrogen-bond acceptors (Lipinski definition) is 3. The van der Waals surface area contributed by atoms with Gasteiger partial charge >= 0.3 is 0 Å². The molecule has 0 saturated heterocycles. The van der Waals surface area contributed by atoms with Crippen LogP contribution in [0.2, 0.25) is 0 Å². The van der Waals surface area contributed by atoms with Gasteiger partial charge < -0.3 is 15.3 Å². The van der Waals surface area contributed by atoms with Crippen molar-refractivity contribution in [3.63, 3.8) is 0 Å². The van der Waals surface area contributed by atoms with E-state index in [9.17, 15) is 5.11 Å². The van der Waals surface area contributed by atoms with Crippen molar-refractivity contribution < 1.29 is 5.11 Å². The lowest BCUT2D eigenvalue weighted by molar-refractivity contribution is 0.0604. The van der Waals surface area contributed by atoms with Gasteiger partial charge in [-0.1, -0.05) is 13.3 Å². The van der Waals surface area contributed by atoms with Crippen molar-refractivity contribution in [2.45, 2.75) is 69.9 Å². The number of nitrogens with zero attached hydrogens (tertiary/aromatic N) is 1. The predicted molar refractivity (Wildman–Crippen MR) is 87.3 cm³/mol. The van der Waals surface area contributed by atoms with Crippen molar-refractivity contribution >= 4 is 0 Å². The van der Waals surface area contributed by atoms with Crippen LogP contribution in [0.1, 0.15) is 58.3 Å². The van der Waals surface area contributed by atoms with Gasteiger partial charge in [-0.15, -0.1) is 0 Å². The average Bonchev–Trinajstić information content (AvgIpc) is 3.10. The summed E-state index contributed by atoms with van der Waals surface area (Å²) in [6, 6.07) is 0.657. The molecule has 2 bridgehead atoms. The Balaban J connectivity index is 1.55. The molecule has 0 heterocycles. The van der Waals surface area contributed by atoms with Crippen LogP contribution >= 0.6 is 0 Å². The molecule has 122 valence electrons. The topological polar surface area (TPSA) is 35.5 Å². The van der Waals surface area contributed by atoms with Crippen LogP contribution in [0.25, 0.3) is 0 Å². The fourth-order valence-electron chi connectivity index (χ4n) is 5.56. The van der Waals surface area contributed by atoms with Crippen LogP contribution < -0.4 is 5.32 Å². The van der Waals surface area contributed by atoms with Gasteiger partial charge in [0, 0.05) is 18.1 Å². The molecule has 3 saturated carbocycles. The summed E-state index contributed by atoms with van der Waals surface area (Å²) in [5.41, 5.74) is -0.0133. The molecular weight excluding hydrogens is 260 g/mol. The Morgan fingerprint density at radius 1 is 1.24 bits per heavy atom. The number of rotatable bonds is 6. The number of aliphatic hydroxyl groups excluding tert-OH is 1. The van der Waals surface area contributed by atoms with Crippen molar-refractivity contribution in [2.24, 2.45) is 17.8 Å². The summed E-state index contributed by atoms with van der Waals surface area (Å²) >= 11 is 0. The van der Waals surface area contributed by atoms with Gasteiger partial charge in [-0.3, -0.25) is 0 Å². The molecule has 3 aliphatic rings. The van der Waals surface area contributed by atoms with Crippen LogP contribution in [-0.4, -0.2) is 48.3 Å². The summed E-state index contributed by atoms with van der Waals surface area (Å²) < 4.78 is 0. The van der Waals surface area contributed by atoms with Crippen molar-refractivity contribution in [2.75, 3.05) is 26.7 Å². The molecule has 5 atom stereocenters. The second-order valence-electron chi connectivity index (χ2n) is 8.09. The van der Waals surface area contributed by atoms with E-state index in [0.29, 0.717) is 12.6 Å². The van der Waals surface area contributed by atoms with Gasteiger partial charge in [0.05, 0.1) is 6.61 Å². The Bertz CT molecular complexity index is 344.